The molecule has 0 fully saturated rings. The van der Waals surface area contributed by atoms with E-state index in [9.17, 15) is 5.11 Å². The third-order valence-electron chi connectivity index (χ3n) is 1.54. The predicted molar refractivity (Wildman–Crippen MR) is 63.5 cm³/mol. The Morgan fingerprint density at radius 3 is 2.83 bits per heavy atom. The van der Waals surface area contributed by atoms with E-state index in [4.69, 9.17) is 0 Å². The molecule has 0 atom stereocenters. The van der Waals surface area contributed by atoms with Crippen molar-refractivity contribution in [3.63, 3.8) is 0 Å². The van der Waals surface area contributed by atoms with Crippen LogP contribution in [-0.2, 0) is 0 Å². The van der Waals surface area contributed by atoms with Gasteiger partial charge < -0.3 is 5.11 Å². The van der Waals surface area contributed by atoms with Gasteiger partial charge in [0.25, 0.3) is 0 Å². The van der Waals surface area contributed by atoms with Crippen LogP contribution in [0.1, 0.15) is 0 Å². The van der Waals surface area contributed by atoms with Crippen molar-refractivity contribution < 1.29 is 5.11 Å². The largest absolute Gasteiger partial charge is 0.508 e. The van der Waals surface area contributed by atoms with Crippen LogP contribution in [0.25, 0.3) is 10.1 Å². The van der Waals surface area contributed by atoms with Gasteiger partial charge in [0.2, 0.25) is 0 Å². The van der Waals surface area contributed by atoms with Crippen LogP contribution in [-0.4, -0.2) is 5.11 Å². The fraction of sp³-hybridized carbons (Fsp3) is 0. The monoisotopic (exact) mass is 308 g/mol. The summed E-state index contributed by atoms with van der Waals surface area (Å²) in [5.74, 6) is 0.318. The minimum Gasteiger partial charge on any atom is -0.508 e. The molecule has 12 heavy (non-hydrogen) atoms. The van der Waals surface area contributed by atoms with E-state index in [1.54, 1.807) is 23.5 Å². The lowest BCUT2D eigenvalue weighted by molar-refractivity contribution is 0.476. The van der Waals surface area contributed by atoms with Crippen molar-refractivity contribution in [1.82, 2.24) is 0 Å². The van der Waals surface area contributed by atoms with Crippen LogP contribution < -0.4 is 0 Å². The average Bonchev–Trinajstić information content (AvgIpc) is 2.29. The summed E-state index contributed by atoms with van der Waals surface area (Å²) in [6, 6.07) is 5.48. The number of hydrogen-bond donors (Lipinski definition) is 2. The number of halogens is 1. The van der Waals surface area contributed by atoms with Crippen LogP contribution in [0, 0.1) is 3.57 Å². The van der Waals surface area contributed by atoms with Gasteiger partial charge in [-0.1, -0.05) is 0 Å². The van der Waals surface area contributed by atoms with E-state index in [0.717, 1.165) is 13.2 Å². The SMILES string of the molecule is Oc1cc(I)c2sc(S)cc2c1. The van der Waals surface area contributed by atoms with Gasteiger partial charge in [-0.25, -0.2) is 0 Å². The highest BCUT2D eigenvalue weighted by Gasteiger charge is 2.04. The lowest BCUT2D eigenvalue weighted by Crippen LogP contribution is -1.70. The minimum atomic E-state index is 0.318. The molecule has 1 aromatic carbocycles. The minimum absolute atomic E-state index is 0.318. The molecule has 0 amide bonds. The van der Waals surface area contributed by atoms with Crippen molar-refractivity contribution in [3.8, 4) is 5.75 Å². The number of hydrogen-bond acceptors (Lipinski definition) is 3. The van der Waals surface area contributed by atoms with Crippen molar-refractivity contribution in [2.24, 2.45) is 0 Å². The van der Waals surface area contributed by atoms with Gasteiger partial charge in [-0.15, -0.1) is 24.0 Å². The van der Waals surface area contributed by atoms with E-state index in [1.165, 1.54) is 4.70 Å². The summed E-state index contributed by atoms with van der Waals surface area (Å²) >= 11 is 8.10. The number of phenols is 1. The summed E-state index contributed by atoms with van der Waals surface area (Å²) in [5.41, 5.74) is 0. The van der Waals surface area contributed by atoms with Crippen molar-refractivity contribution in [2.45, 2.75) is 4.21 Å². The number of fused-ring (bicyclic) bond motifs is 1. The molecule has 1 aromatic heterocycles. The van der Waals surface area contributed by atoms with Crippen LogP contribution in [0.2, 0.25) is 0 Å². The Morgan fingerprint density at radius 2 is 2.08 bits per heavy atom. The lowest BCUT2D eigenvalue weighted by Gasteiger charge is -1.94. The maximum Gasteiger partial charge on any atom is 0.117 e. The lowest BCUT2D eigenvalue weighted by atomic mass is 10.2. The molecular weight excluding hydrogens is 303 g/mol. The standard InChI is InChI=1S/C8H5IOS2/c9-6-3-5(10)1-4-2-7(11)12-8(4)6/h1-3,10-11H. The highest BCUT2D eigenvalue weighted by atomic mass is 127. The Bertz CT molecular complexity index is 436. The molecule has 2 aromatic rings. The van der Waals surface area contributed by atoms with E-state index < -0.39 is 0 Å². The molecule has 0 aliphatic carbocycles. The normalized spacial score (nSPS) is 10.8. The van der Waals surface area contributed by atoms with Gasteiger partial charge in [0, 0.05) is 8.27 Å². The Labute approximate surface area is 93.0 Å². The fourth-order valence-corrected chi connectivity index (χ4v) is 3.24. The topological polar surface area (TPSA) is 20.2 Å². The van der Waals surface area contributed by atoms with Crippen molar-refractivity contribution in [3.05, 3.63) is 21.8 Å². The molecule has 0 unspecified atom stereocenters. The van der Waals surface area contributed by atoms with Crippen LogP contribution >= 0.6 is 46.6 Å². The predicted octanol–water partition coefficient (Wildman–Crippen LogP) is 3.50. The van der Waals surface area contributed by atoms with Crippen molar-refractivity contribution in [1.29, 1.82) is 0 Å². The smallest absolute Gasteiger partial charge is 0.117 e. The first-order valence-electron chi connectivity index (χ1n) is 3.28. The molecule has 2 rings (SSSR count). The molecule has 1 heterocycles. The average molecular weight is 308 g/mol. The first-order chi connectivity index (χ1) is 5.66. The molecule has 0 saturated heterocycles. The number of thiophene rings is 1. The Kier molecular flexibility index (Phi) is 2.22. The summed E-state index contributed by atoms with van der Waals surface area (Å²) < 4.78 is 3.25. The number of rotatable bonds is 0. The first kappa shape index (κ1) is 8.65. The molecule has 1 N–H and O–H groups in total. The summed E-state index contributed by atoms with van der Waals surface area (Å²) in [4.78, 5) is 0. The molecule has 0 aliphatic heterocycles. The first-order valence-corrected chi connectivity index (χ1v) is 5.62. The van der Waals surface area contributed by atoms with E-state index in [0.29, 0.717) is 5.75 Å². The molecule has 62 valence electrons. The van der Waals surface area contributed by atoms with Gasteiger partial charge in [-0.2, -0.15) is 0 Å². The van der Waals surface area contributed by atoms with Crippen molar-refractivity contribution >= 4 is 56.6 Å². The number of thiol groups is 1. The second-order valence-electron chi connectivity index (χ2n) is 2.43. The van der Waals surface area contributed by atoms with Gasteiger partial charge in [0.1, 0.15) is 5.75 Å². The summed E-state index contributed by atoms with van der Waals surface area (Å²) in [6.07, 6.45) is 0. The second-order valence-corrected chi connectivity index (χ2v) is 5.43. The zero-order chi connectivity index (χ0) is 8.72. The van der Waals surface area contributed by atoms with Gasteiger partial charge in [0.15, 0.2) is 0 Å². The molecule has 0 aliphatic rings. The third kappa shape index (κ3) is 1.43. The summed E-state index contributed by atoms with van der Waals surface area (Å²) in [5, 5.41) is 10.4. The Balaban J connectivity index is 2.88. The van der Waals surface area contributed by atoms with Gasteiger partial charge in [-0.3, -0.25) is 0 Å². The Hall–Kier alpha value is 0.0600. The van der Waals surface area contributed by atoms with Gasteiger partial charge in [-0.05, 0) is 46.2 Å². The maximum atomic E-state index is 9.30. The van der Waals surface area contributed by atoms with Crippen LogP contribution in [0.3, 0.4) is 0 Å². The molecule has 0 saturated carbocycles. The molecule has 0 bridgehead atoms. The van der Waals surface area contributed by atoms with Crippen LogP contribution in [0.4, 0.5) is 0 Å². The van der Waals surface area contributed by atoms with E-state index in [1.807, 2.05) is 6.07 Å². The number of benzene rings is 1. The molecule has 4 heteroatoms. The van der Waals surface area contributed by atoms with Crippen LogP contribution in [0.5, 0.6) is 5.75 Å². The number of phenolic OH excluding ortho intramolecular Hbond substituents is 1. The number of aromatic hydroxyl groups is 1. The fourth-order valence-electron chi connectivity index (χ4n) is 1.08. The highest BCUT2D eigenvalue weighted by molar-refractivity contribution is 14.1. The summed E-state index contributed by atoms with van der Waals surface area (Å²) in [7, 11) is 0. The quantitative estimate of drug-likeness (QED) is 0.564. The van der Waals surface area contributed by atoms with E-state index in [-0.39, 0.29) is 0 Å². The second kappa shape index (κ2) is 3.08. The molecular formula is C8H5IOS2. The Morgan fingerprint density at radius 1 is 1.33 bits per heavy atom. The maximum absolute atomic E-state index is 9.30. The van der Waals surface area contributed by atoms with E-state index in [2.05, 4.69) is 35.2 Å². The molecule has 0 radical (unpaired) electrons. The van der Waals surface area contributed by atoms with E-state index >= 15 is 0 Å². The van der Waals surface area contributed by atoms with Crippen molar-refractivity contribution in [2.75, 3.05) is 0 Å². The molecule has 1 nitrogen and oxygen atoms in total. The van der Waals surface area contributed by atoms with Crippen LogP contribution in [0.15, 0.2) is 22.4 Å². The zero-order valence-corrected chi connectivity index (χ0v) is 9.78. The van der Waals surface area contributed by atoms with Gasteiger partial charge in [0.05, 0.1) is 4.21 Å². The highest BCUT2D eigenvalue weighted by Crippen LogP contribution is 2.34. The zero-order valence-electron chi connectivity index (χ0n) is 5.91. The summed E-state index contributed by atoms with van der Waals surface area (Å²) in [6.45, 7) is 0. The third-order valence-corrected chi connectivity index (χ3v) is 4.15. The van der Waals surface area contributed by atoms with Gasteiger partial charge >= 0.3 is 0 Å². The molecule has 0 spiro atoms.